The highest BCUT2D eigenvalue weighted by Gasteiger charge is 2.49. The number of nitrogens with zero attached hydrogens (tertiary/aromatic N) is 1. The molecule has 2 nitrogen and oxygen atoms in total. The summed E-state index contributed by atoms with van der Waals surface area (Å²) in [5.74, 6) is 0. The summed E-state index contributed by atoms with van der Waals surface area (Å²) in [4.78, 5) is 5.87. The van der Waals surface area contributed by atoms with Crippen LogP contribution < -0.4 is 0 Å². The molecule has 0 aromatic heterocycles. The molecule has 24 heavy (non-hydrogen) atoms. The van der Waals surface area contributed by atoms with Crippen LogP contribution in [0.4, 0.5) is 0 Å². The molecule has 0 bridgehead atoms. The minimum Gasteiger partial charge on any atom is -0.324 e. The topological polar surface area (TPSA) is 21.6 Å². The molecular formula is C19H30NOPSi2. The number of hydrogen-bond acceptors (Lipinski definition) is 2. The van der Waals surface area contributed by atoms with E-state index in [1.165, 1.54) is 16.6 Å². The van der Waals surface area contributed by atoms with Gasteiger partial charge in [-0.15, -0.1) is 0 Å². The van der Waals surface area contributed by atoms with E-state index in [0.717, 1.165) is 17.7 Å². The average Bonchev–Trinajstić information content (AvgIpc) is 3.17. The van der Waals surface area contributed by atoms with Gasteiger partial charge in [-0.25, -0.2) is 4.99 Å². The van der Waals surface area contributed by atoms with Gasteiger partial charge < -0.3 is 4.52 Å². The maximum atomic E-state index is 6.74. The van der Waals surface area contributed by atoms with E-state index >= 15 is 0 Å². The van der Waals surface area contributed by atoms with Crippen LogP contribution in [0.15, 0.2) is 52.6 Å². The molecule has 2 aliphatic carbocycles. The lowest BCUT2D eigenvalue weighted by Crippen LogP contribution is -2.53. The fraction of sp³-hybridized carbons (Fsp3) is 0.526. The molecule has 0 radical (unpaired) electrons. The number of rotatable bonds is 5. The van der Waals surface area contributed by atoms with Gasteiger partial charge in [0.05, 0.1) is 29.7 Å². The van der Waals surface area contributed by atoms with Crippen LogP contribution in [0.3, 0.4) is 0 Å². The molecule has 0 fully saturated rings. The second-order valence-electron chi connectivity index (χ2n) is 9.07. The summed E-state index contributed by atoms with van der Waals surface area (Å²) in [6.07, 6.45) is 15.2. The van der Waals surface area contributed by atoms with Gasteiger partial charge in [0, 0.05) is 0 Å². The lowest BCUT2D eigenvalue weighted by Gasteiger charge is -2.42. The molecule has 3 aliphatic rings. The van der Waals surface area contributed by atoms with Crippen LogP contribution in [0.25, 0.3) is 0 Å². The summed E-state index contributed by atoms with van der Waals surface area (Å²) >= 11 is 0. The van der Waals surface area contributed by atoms with Crippen molar-refractivity contribution in [3.63, 3.8) is 0 Å². The van der Waals surface area contributed by atoms with Gasteiger partial charge in [0.25, 0.3) is 0 Å². The van der Waals surface area contributed by atoms with E-state index in [2.05, 4.69) is 75.7 Å². The Balaban J connectivity index is 1.97. The third-order valence-electron chi connectivity index (χ3n) is 4.71. The molecule has 0 aromatic rings. The van der Waals surface area contributed by atoms with Crippen molar-refractivity contribution in [1.82, 2.24) is 0 Å². The standard InChI is InChI=1S/C19H30NOPSi2/c1-23(2,3)19(24(4,5)6)22-18(16-13-9-10-14-16)20-17(21-22)15-11-7-8-12-15/h7-11,13,17,19H,12,14H2,1-6H3. The first-order chi connectivity index (χ1) is 11.2. The molecular weight excluding hydrogens is 345 g/mol. The van der Waals surface area contributed by atoms with Gasteiger partial charge in [0.2, 0.25) is 0 Å². The van der Waals surface area contributed by atoms with Crippen molar-refractivity contribution in [2.75, 3.05) is 0 Å². The molecule has 1 aliphatic heterocycles. The quantitative estimate of drug-likeness (QED) is 0.424. The first kappa shape index (κ1) is 18.3. The van der Waals surface area contributed by atoms with Crippen molar-refractivity contribution in [2.24, 2.45) is 4.99 Å². The summed E-state index contributed by atoms with van der Waals surface area (Å²) in [5, 5.41) is 0. The Bertz CT molecular complexity index is 648. The summed E-state index contributed by atoms with van der Waals surface area (Å²) in [7, 11) is -3.31. The maximum Gasteiger partial charge on any atom is 0.175 e. The van der Waals surface area contributed by atoms with Gasteiger partial charge in [-0.2, -0.15) is 0 Å². The summed E-state index contributed by atoms with van der Waals surface area (Å²) in [6.45, 7) is 15.1. The minimum atomic E-state index is -1.35. The highest BCUT2D eigenvalue weighted by molar-refractivity contribution is 7.77. The lowest BCUT2D eigenvalue weighted by atomic mass is 10.2. The van der Waals surface area contributed by atoms with Gasteiger partial charge in [-0.05, 0) is 28.9 Å². The summed E-state index contributed by atoms with van der Waals surface area (Å²) in [6, 6.07) is 0. The molecule has 2 atom stereocenters. The molecule has 0 spiro atoms. The molecule has 5 heteroatoms. The van der Waals surface area contributed by atoms with Gasteiger partial charge >= 0.3 is 0 Å². The van der Waals surface area contributed by atoms with Crippen LogP contribution in [0, 0.1) is 0 Å². The van der Waals surface area contributed by atoms with E-state index < -0.39 is 24.3 Å². The number of hydrogen-bond donors (Lipinski definition) is 0. The van der Waals surface area contributed by atoms with Gasteiger partial charge in [-0.1, -0.05) is 75.7 Å². The van der Waals surface area contributed by atoms with Crippen molar-refractivity contribution >= 4 is 29.7 Å². The van der Waals surface area contributed by atoms with E-state index in [-0.39, 0.29) is 6.23 Å². The monoisotopic (exact) mass is 375 g/mol. The SMILES string of the molecule is C[Si](C)(C)C(P1OC(C2=CC=CC2)N=C1C1=CC=CC1)[Si](C)(C)C. The van der Waals surface area contributed by atoms with Crippen LogP contribution >= 0.6 is 8.15 Å². The van der Waals surface area contributed by atoms with Gasteiger partial charge in [0.15, 0.2) is 6.23 Å². The highest BCUT2D eigenvalue weighted by atomic mass is 31.1. The second-order valence-corrected chi connectivity index (χ2v) is 23.0. The molecule has 0 saturated carbocycles. The molecule has 3 rings (SSSR count). The predicted molar refractivity (Wildman–Crippen MR) is 113 cm³/mol. The molecule has 2 unspecified atom stereocenters. The Morgan fingerprint density at radius 1 is 1.00 bits per heavy atom. The normalized spacial score (nSPS) is 27.0. The number of allylic oxidation sites excluding steroid dienone is 7. The Kier molecular flexibility index (Phi) is 5.05. The van der Waals surface area contributed by atoms with Crippen LogP contribution in [-0.4, -0.2) is 32.7 Å². The van der Waals surface area contributed by atoms with Crippen molar-refractivity contribution in [1.29, 1.82) is 0 Å². The fourth-order valence-electron chi connectivity index (χ4n) is 4.17. The number of aliphatic imine (C=N–C) groups is 1. The Labute approximate surface area is 150 Å². The van der Waals surface area contributed by atoms with Crippen molar-refractivity contribution in [3.05, 3.63) is 47.6 Å². The maximum absolute atomic E-state index is 6.74. The smallest absolute Gasteiger partial charge is 0.175 e. The Hall–Kier alpha value is -0.546. The van der Waals surface area contributed by atoms with Crippen molar-refractivity contribution < 1.29 is 4.52 Å². The van der Waals surface area contributed by atoms with E-state index in [4.69, 9.17) is 9.52 Å². The Morgan fingerprint density at radius 3 is 2.12 bits per heavy atom. The molecule has 0 amide bonds. The molecule has 0 aromatic carbocycles. The largest absolute Gasteiger partial charge is 0.324 e. The first-order valence-corrected chi connectivity index (χ1v) is 17.4. The highest BCUT2D eigenvalue weighted by Crippen LogP contribution is 2.58. The van der Waals surface area contributed by atoms with Crippen LogP contribution in [0.1, 0.15) is 12.8 Å². The predicted octanol–water partition coefficient (Wildman–Crippen LogP) is 6.03. The zero-order valence-corrected chi connectivity index (χ0v) is 18.7. The average molecular weight is 376 g/mol. The van der Waals surface area contributed by atoms with Crippen molar-refractivity contribution in [2.45, 2.75) is 63.3 Å². The van der Waals surface area contributed by atoms with E-state index in [0.29, 0.717) is 0 Å². The molecule has 0 saturated heterocycles. The molecule has 1 heterocycles. The zero-order chi connectivity index (χ0) is 17.5. The van der Waals surface area contributed by atoms with Crippen LogP contribution in [0.5, 0.6) is 0 Å². The van der Waals surface area contributed by atoms with Gasteiger partial charge in [0.1, 0.15) is 0 Å². The van der Waals surface area contributed by atoms with E-state index in [1.54, 1.807) is 0 Å². The van der Waals surface area contributed by atoms with Crippen LogP contribution in [-0.2, 0) is 4.52 Å². The van der Waals surface area contributed by atoms with E-state index in [1.807, 2.05) is 0 Å². The lowest BCUT2D eigenvalue weighted by molar-refractivity contribution is 0.290. The second kappa shape index (κ2) is 6.64. The van der Waals surface area contributed by atoms with Crippen molar-refractivity contribution in [3.8, 4) is 0 Å². The third-order valence-corrected chi connectivity index (χ3v) is 21.0. The minimum absolute atomic E-state index is 0.0437. The fourth-order valence-corrected chi connectivity index (χ4v) is 22.8. The summed E-state index contributed by atoms with van der Waals surface area (Å²) in [5.41, 5.74) is 4.04. The third kappa shape index (κ3) is 3.67. The van der Waals surface area contributed by atoms with E-state index in [9.17, 15) is 0 Å². The van der Waals surface area contributed by atoms with Gasteiger partial charge in [-0.3, -0.25) is 0 Å². The summed E-state index contributed by atoms with van der Waals surface area (Å²) < 4.78 is 6.74. The van der Waals surface area contributed by atoms with Crippen LogP contribution in [0.2, 0.25) is 39.3 Å². The first-order valence-electron chi connectivity index (χ1n) is 8.93. The molecule has 130 valence electrons. The molecule has 0 N–H and O–H groups in total. The Morgan fingerprint density at radius 2 is 1.62 bits per heavy atom. The zero-order valence-electron chi connectivity index (χ0n) is 15.8.